The Morgan fingerprint density at radius 2 is 1.81 bits per heavy atom. The summed E-state index contributed by atoms with van der Waals surface area (Å²) < 4.78 is 6.92. The number of carbonyl (C=O) groups excluding carboxylic acids is 2. The molecule has 2 saturated carbocycles. The van der Waals surface area contributed by atoms with Crippen molar-refractivity contribution >= 4 is 11.9 Å². The fourth-order valence-electron chi connectivity index (χ4n) is 3.61. The van der Waals surface area contributed by atoms with Crippen LogP contribution < -0.4 is 5.32 Å². The van der Waals surface area contributed by atoms with Crippen LogP contribution in [0.15, 0.2) is 36.4 Å². The van der Waals surface area contributed by atoms with Crippen molar-refractivity contribution in [3.8, 4) is 5.69 Å². The molecule has 2 aliphatic rings. The summed E-state index contributed by atoms with van der Waals surface area (Å²) in [5.41, 5.74) is 2.09. The van der Waals surface area contributed by atoms with Crippen molar-refractivity contribution in [2.45, 2.75) is 56.9 Å². The van der Waals surface area contributed by atoms with E-state index in [0.717, 1.165) is 49.9 Å². The maximum absolute atomic E-state index is 12.6. The van der Waals surface area contributed by atoms with Crippen molar-refractivity contribution in [1.29, 1.82) is 0 Å². The van der Waals surface area contributed by atoms with Crippen molar-refractivity contribution in [3.05, 3.63) is 47.8 Å². The van der Waals surface area contributed by atoms with Crippen molar-refractivity contribution in [2.24, 2.45) is 0 Å². The number of nitrogens with one attached hydrogen (secondary N) is 1. The average Bonchev–Trinajstić information content (AvgIpc) is 3.46. The molecule has 2 aliphatic carbocycles. The number of rotatable bonds is 6. The van der Waals surface area contributed by atoms with Gasteiger partial charge in [-0.2, -0.15) is 5.10 Å². The van der Waals surface area contributed by atoms with Crippen LogP contribution in [0.25, 0.3) is 5.69 Å². The van der Waals surface area contributed by atoms with Crippen molar-refractivity contribution < 1.29 is 14.3 Å². The summed E-state index contributed by atoms with van der Waals surface area (Å²) in [6, 6.07) is 11.5. The third-order valence-corrected chi connectivity index (χ3v) is 5.24. The Morgan fingerprint density at radius 1 is 1.07 bits per heavy atom. The third-order valence-electron chi connectivity index (χ3n) is 5.24. The number of nitrogens with zero attached hydrogens (tertiary/aromatic N) is 2. The van der Waals surface area contributed by atoms with Gasteiger partial charge < -0.3 is 10.1 Å². The zero-order valence-electron chi connectivity index (χ0n) is 15.4. The number of carbonyl (C=O) groups is 2. The Labute approximate surface area is 158 Å². The van der Waals surface area contributed by atoms with Crippen LogP contribution in [0.5, 0.6) is 0 Å². The van der Waals surface area contributed by atoms with Crippen LogP contribution in [0.4, 0.5) is 0 Å². The van der Waals surface area contributed by atoms with Gasteiger partial charge >= 0.3 is 5.97 Å². The lowest BCUT2D eigenvalue weighted by Crippen LogP contribution is -2.38. The highest BCUT2D eigenvalue weighted by Gasteiger charge is 2.29. The lowest BCUT2D eigenvalue weighted by molar-refractivity contribution is -0.125. The second kappa shape index (κ2) is 7.94. The van der Waals surface area contributed by atoms with Gasteiger partial charge in [-0.05, 0) is 43.9 Å². The molecule has 2 aromatic rings. The van der Waals surface area contributed by atoms with Gasteiger partial charge in [0.15, 0.2) is 12.3 Å². The van der Waals surface area contributed by atoms with Gasteiger partial charge in [0.25, 0.3) is 5.91 Å². The molecule has 1 aromatic heterocycles. The van der Waals surface area contributed by atoms with E-state index >= 15 is 0 Å². The zero-order valence-corrected chi connectivity index (χ0v) is 15.4. The Balaban J connectivity index is 1.42. The summed E-state index contributed by atoms with van der Waals surface area (Å²) in [7, 11) is 0. The Kier molecular flexibility index (Phi) is 5.23. The fourth-order valence-corrected chi connectivity index (χ4v) is 3.61. The fraction of sp³-hybridized carbons (Fsp3) is 0.476. The van der Waals surface area contributed by atoms with E-state index in [1.54, 1.807) is 10.7 Å². The molecule has 0 unspecified atom stereocenters. The quantitative estimate of drug-likeness (QED) is 0.795. The van der Waals surface area contributed by atoms with E-state index in [4.69, 9.17) is 4.74 Å². The largest absolute Gasteiger partial charge is 0.451 e. The van der Waals surface area contributed by atoms with Crippen LogP contribution >= 0.6 is 0 Å². The van der Waals surface area contributed by atoms with E-state index in [1.165, 1.54) is 6.42 Å². The molecule has 1 N–H and O–H groups in total. The summed E-state index contributed by atoms with van der Waals surface area (Å²) in [6.45, 7) is -0.256. The summed E-state index contributed by atoms with van der Waals surface area (Å²) in [5.74, 6) is -0.323. The molecule has 1 amide bonds. The van der Waals surface area contributed by atoms with E-state index < -0.39 is 5.97 Å². The molecule has 0 bridgehead atoms. The highest BCUT2D eigenvalue weighted by Crippen LogP contribution is 2.39. The molecule has 142 valence electrons. The van der Waals surface area contributed by atoms with Crippen LogP contribution in [-0.2, 0) is 9.53 Å². The first kappa shape index (κ1) is 17.8. The minimum absolute atomic E-state index is 0.210. The smallest absolute Gasteiger partial charge is 0.357 e. The van der Waals surface area contributed by atoms with Gasteiger partial charge in [0.05, 0.1) is 11.4 Å². The predicted octanol–water partition coefficient (Wildman–Crippen LogP) is 3.36. The van der Waals surface area contributed by atoms with E-state index in [9.17, 15) is 9.59 Å². The molecule has 1 heterocycles. The van der Waals surface area contributed by atoms with E-state index in [2.05, 4.69) is 10.4 Å². The second-order valence-electron chi connectivity index (χ2n) is 7.45. The molecule has 6 heteroatoms. The van der Waals surface area contributed by atoms with Crippen LogP contribution in [0.1, 0.15) is 67.0 Å². The lowest BCUT2D eigenvalue weighted by Gasteiger charge is -2.22. The number of hydrogen-bond acceptors (Lipinski definition) is 4. The Morgan fingerprint density at radius 3 is 2.52 bits per heavy atom. The number of ether oxygens (including phenoxy) is 1. The highest BCUT2D eigenvalue weighted by atomic mass is 16.5. The van der Waals surface area contributed by atoms with Gasteiger partial charge in [-0.15, -0.1) is 0 Å². The molecular weight excluding hydrogens is 342 g/mol. The summed E-state index contributed by atoms with van der Waals surface area (Å²) in [5, 5.41) is 7.57. The van der Waals surface area contributed by atoms with Gasteiger partial charge in [-0.3, -0.25) is 4.79 Å². The highest BCUT2D eigenvalue weighted by molar-refractivity contribution is 5.90. The van der Waals surface area contributed by atoms with Gasteiger partial charge in [-0.1, -0.05) is 37.5 Å². The first-order valence-corrected chi connectivity index (χ1v) is 9.82. The minimum atomic E-state index is -0.517. The number of esters is 1. The monoisotopic (exact) mass is 367 g/mol. The molecule has 1 aromatic carbocycles. The molecule has 0 saturated heterocycles. The van der Waals surface area contributed by atoms with Crippen LogP contribution in [0.2, 0.25) is 0 Å². The summed E-state index contributed by atoms with van der Waals surface area (Å²) >= 11 is 0. The van der Waals surface area contributed by atoms with Crippen LogP contribution in [0.3, 0.4) is 0 Å². The minimum Gasteiger partial charge on any atom is -0.451 e. The molecule has 2 fully saturated rings. The predicted molar refractivity (Wildman–Crippen MR) is 101 cm³/mol. The molecule has 4 rings (SSSR count). The molecule has 0 radical (unpaired) electrons. The van der Waals surface area contributed by atoms with Gasteiger partial charge in [0.1, 0.15) is 0 Å². The molecule has 0 aliphatic heterocycles. The van der Waals surface area contributed by atoms with Crippen molar-refractivity contribution in [2.75, 3.05) is 6.61 Å². The Bertz CT molecular complexity index is 805. The van der Waals surface area contributed by atoms with Crippen LogP contribution in [0, 0.1) is 0 Å². The van der Waals surface area contributed by atoms with Crippen molar-refractivity contribution in [3.63, 3.8) is 0 Å². The standard InChI is InChI=1S/C21H25N3O3/c25-20(22-16-7-3-1-4-8-16)14-27-21(26)19-13-18(15-11-12-15)23-24(19)17-9-5-2-6-10-17/h2,5-6,9-10,13,15-16H,1,3-4,7-8,11-12,14H2,(H,22,25). The maximum Gasteiger partial charge on any atom is 0.357 e. The van der Waals surface area contributed by atoms with Crippen molar-refractivity contribution in [1.82, 2.24) is 15.1 Å². The summed E-state index contributed by atoms with van der Waals surface area (Å²) in [4.78, 5) is 24.7. The normalized spacial score (nSPS) is 17.5. The molecule has 0 spiro atoms. The first-order chi connectivity index (χ1) is 13.2. The van der Waals surface area contributed by atoms with Gasteiger partial charge in [0.2, 0.25) is 0 Å². The SMILES string of the molecule is O=C(COC(=O)c1cc(C2CC2)nn1-c1ccccc1)NC1CCCCC1. The number of hydrogen-bond donors (Lipinski definition) is 1. The van der Waals surface area contributed by atoms with Gasteiger partial charge in [-0.25, -0.2) is 9.48 Å². The van der Waals surface area contributed by atoms with E-state index in [0.29, 0.717) is 11.6 Å². The second-order valence-corrected chi connectivity index (χ2v) is 7.45. The summed E-state index contributed by atoms with van der Waals surface area (Å²) in [6.07, 6.45) is 7.73. The lowest BCUT2D eigenvalue weighted by atomic mass is 9.95. The van der Waals surface area contributed by atoms with E-state index in [-0.39, 0.29) is 18.6 Å². The number of aromatic nitrogens is 2. The topological polar surface area (TPSA) is 73.2 Å². The maximum atomic E-state index is 12.6. The molecule has 0 atom stereocenters. The first-order valence-electron chi connectivity index (χ1n) is 9.82. The van der Waals surface area contributed by atoms with Gasteiger partial charge in [0, 0.05) is 12.0 Å². The number of amides is 1. The van der Waals surface area contributed by atoms with Crippen LogP contribution in [-0.4, -0.2) is 34.3 Å². The Hall–Kier alpha value is -2.63. The third kappa shape index (κ3) is 4.38. The van der Waals surface area contributed by atoms with E-state index in [1.807, 2.05) is 30.3 Å². The number of benzene rings is 1. The molecule has 27 heavy (non-hydrogen) atoms. The zero-order chi connectivity index (χ0) is 18.6. The molecule has 6 nitrogen and oxygen atoms in total. The molecular formula is C21H25N3O3. The average molecular weight is 367 g/mol. The number of para-hydroxylation sites is 1.